The molecule has 0 saturated carbocycles. The van der Waals surface area contributed by atoms with E-state index in [1.807, 2.05) is 13.8 Å². The zero-order valence-electron chi connectivity index (χ0n) is 13.4. The lowest BCUT2D eigenvalue weighted by Crippen LogP contribution is -2.49. The van der Waals surface area contributed by atoms with Crippen molar-refractivity contribution in [1.82, 2.24) is 5.32 Å². The van der Waals surface area contributed by atoms with Crippen LogP contribution in [0.4, 0.5) is 14.5 Å². The molecular formula is C16H24ClF2N3O. The molecule has 1 fully saturated rings. The van der Waals surface area contributed by atoms with Crippen molar-refractivity contribution in [1.29, 1.82) is 0 Å². The van der Waals surface area contributed by atoms with Crippen LogP contribution in [0.5, 0.6) is 0 Å². The number of nitrogens with zero attached hydrogens (tertiary/aromatic N) is 1. The number of nitrogens with two attached hydrogens (primary N) is 1. The Labute approximate surface area is 141 Å². The molecule has 4 nitrogen and oxygen atoms in total. The molecule has 0 aliphatic carbocycles. The third-order valence-electron chi connectivity index (χ3n) is 4.35. The van der Waals surface area contributed by atoms with Gasteiger partial charge < -0.3 is 16.0 Å². The third-order valence-corrected chi connectivity index (χ3v) is 4.35. The van der Waals surface area contributed by atoms with E-state index < -0.39 is 17.7 Å². The number of halogens is 3. The molecule has 3 N–H and O–H groups in total. The van der Waals surface area contributed by atoms with Gasteiger partial charge in [0.25, 0.3) is 0 Å². The van der Waals surface area contributed by atoms with Crippen molar-refractivity contribution >= 4 is 24.0 Å². The van der Waals surface area contributed by atoms with Gasteiger partial charge in [-0.25, -0.2) is 8.78 Å². The molecule has 1 aliphatic heterocycles. The standard InChI is InChI=1S/C16H23F2N3O.ClH/c1-3-10(2)14(19)16(22)20-11-7-8-21(9-11)15-12(17)5-4-6-13(15)18;/h4-6,10-11,14H,3,7-9,19H2,1-2H3,(H,20,22);1H. The lowest BCUT2D eigenvalue weighted by atomic mass is 9.99. The van der Waals surface area contributed by atoms with Gasteiger partial charge in [0.2, 0.25) is 5.91 Å². The number of carbonyl (C=O) groups is 1. The van der Waals surface area contributed by atoms with E-state index in [0.29, 0.717) is 19.5 Å². The molecule has 1 aromatic rings. The fourth-order valence-electron chi connectivity index (χ4n) is 2.68. The Morgan fingerprint density at radius 3 is 2.61 bits per heavy atom. The third kappa shape index (κ3) is 4.54. The number of hydrogen-bond acceptors (Lipinski definition) is 3. The van der Waals surface area contributed by atoms with Gasteiger partial charge in [-0.15, -0.1) is 12.4 Å². The quantitative estimate of drug-likeness (QED) is 0.860. The van der Waals surface area contributed by atoms with E-state index in [1.54, 1.807) is 4.90 Å². The summed E-state index contributed by atoms with van der Waals surface area (Å²) in [6, 6.07) is 3.13. The van der Waals surface area contributed by atoms with Gasteiger partial charge in [0.05, 0.1) is 6.04 Å². The van der Waals surface area contributed by atoms with E-state index >= 15 is 0 Å². The Balaban J connectivity index is 0.00000264. The number of hydrogen-bond donors (Lipinski definition) is 2. The number of carbonyl (C=O) groups excluding carboxylic acids is 1. The Morgan fingerprint density at radius 1 is 1.43 bits per heavy atom. The highest BCUT2D eigenvalue weighted by atomic mass is 35.5. The summed E-state index contributed by atoms with van der Waals surface area (Å²) in [4.78, 5) is 13.7. The minimum absolute atomic E-state index is 0. The first-order valence-corrected chi connectivity index (χ1v) is 7.69. The average molecular weight is 348 g/mol. The van der Waals surface area contributed by atoms with E-state index in [4.69, 9.17) is 5.73 Å². The first-order valence-electron chi connectivity index (χ1n) is 7.69. The number of para-hydroxylation sites is 1. The van der Waals surface area contributed by atoms with E-state index in [9.17, 15) is 13.6 Å². The fourth-order valence-corrected chi connectivity index (χ4v) is 2.68. The number of rotatable bonds is 5. The molecule has 2 rings (SSSR count). The second kappa shape index (κ2) is 8.45. The van der Waals surface area contributed by atoms with Crippen molar-refractivity contribution in [3.63, 3.8) is 0 Å². The zero-order valence-corrected chi connectivity index (χ0v) is 14.2. The van der Waals surface area contributed by atoms with Crippen LogP contribution in [0.1, 0.15) is 26.7 Å². The zero-order chi connectivity index (χ0) is 16.3. The number of amides is 1. The van der Waals surface area contributed by atoms with Gasteiger partial charge >= 0.3 is 0 Å². The van der Waals surface area contributed by atoms with Crippen molar-refractivity contribution in [3.8, 4) is 0 Å². The van der Waals surface area contributed by atoms with E-state index in [2.05, 4.69) is 5.32 Å². The molecule has 1 heterocycles. The molecule has 130 valence electrons. The average Bonchev–Trinajstić information content (AvgIpc) is 2.93. The molecule has 1 amide bonds. The molecule has 1 aliphatic rings. The van der Waals surface area contributed by atoms with Gasteiger partial charge in [-0.2, -0.15) is 0 Å². The summed E-state index contributed by atoms with van der Waals surface area (Å²) in [6.07, 6.45) is 1.47. The Morgan fingerprint density at radius 2 is 2.04 bits per heavy atom. The maximum atomic E-state index is 13.8. The first-order chi connectivity index (χ1) is 10.4. The molecule has 1 aromatic carbocycles. The smallest absolute Gasteiger partial charge is 0.237 e. The van der Waals surface area contributed by atoms with Crippen LogP contribution in [0, 0.1) is 17.6 Å². The molecular weight excluding hydrogens is 324 g/mol. The second-order valence-electron chi connectivity index (χ2n) is 5.92. The van der Waals surface area contributed by atoms with Crippen LogP contribution in [0.15, 0.2) is 18.2 Å². The molecule has 0 radical (unpaired) electrons. The van der Waals surface area contributed by atoms with Crippen LogP contribution in [-0.2, 0) is 4.79 Å². The van der Waals surface area contributed by atoms with E-state index in [0.717, 1.165) is 6.42 Å². The van der Waals surface area contributed by atoms with Gasteiger partial charge in [0.15, 0.2) is 0 Å². The van der Waals surface area contributed by atoms with Crippen LogP contribution < -0.4 is 16.0 Å². The summed E-state index contributed by atoms with van der Waals surface area (Å²) in [6.45, 7) is 4.80. The predicted octanol–water partition coefficient (Wildman–Crippen LogP) is 2.45. The Hall–Kier alpha value is -1.40. The maximum absolute atomic E-state index is 13.8. The highest BCUT2D eigenvalue weighted by Gasteiger charge is 2.29. The molecule has 3 unspecified atom stereocenters. The summed E-state index contributed by atoms with van der Waals surface area (Å²) < 4.78 is 27.6. The lowest BCUT2D eigenvalue weighted by Gasteiger charge is -2.22. The summed E-state index contributed by atoms with van der Waals surface area (Å²) >= 11 is 0. The highest BCUT2D eigenvalue weighted by molar-refractivity contribution is 5.85. The first kappa shape index (κ1) is 19.6. The van der Waals surface area contributed by atoms with Crippen molar-refractivity contribution < 1.29 is 13.6 Å². The van der Waals surface area contributed by atoms with Crippen LogP contribution in [0.3, 0.4) is 0 Å². The van der Waals surface area contributed by atoms with Crippen LogP contribution in [0.25, 0.3) is 0 Å². The number of anilines is 1. The second-order valence-corrected chi connectivity index (χ2v) is 5.92. The van der Waals surface area contributed by atoms with Crippen LogP contribution in [-0.4, -0.2) is 31.1 Å². The fraction of sp³-hybridized carbons (Fsp3) is 0.562. The van der Waals surface area contributed by atoms with Gasteiger partial charge in [-0.1, -0.05) is 26.3 Å². The van der Waals surface area contributed by atoms with Crippen molar-refractivity contribution in [2.45, 2.75) is 38.8 Å². The van der Waals surface area contributed by atoms with Gasteiger partial charge in [-0.05, 0) is 24.5 Å². The van der Waals surface area contributed by atoms with E-state index in [1.165, 1.54) is 18.2 Å². The van der Waals surface area contributed by atoms with Crippen molar-refractivity contribution in [3.05, 3.63) is 29.8 Å². The monoisotopic (exact) mass is 347 g/mol. The summed E-state index contributed by atoms with van der Waals surface area (Å²) in [5.74, 6) is -1.26. The molecule has 0 bridgehead atoms. The number of nitrogens with one attached hydrogen (secondary N) is 1. The number of benzene rings is 1. The molecule has 7 heteroatoms. The summed E-state index contributed by atoms with van der Waals surface area (Å²) in [5.41, 5.74) is 5.88. The normalized spacial score (nSPS) is 19.9. The van der Waals surface area contributed by atoms with Crippen molar-refractivity contribution in [2.75, 3.05) is 18.0 Å². The van der Waals surface area contributed by atoms with Crippen LogP contribution in [0.2, 0.25) is 0 Å². The topological polar surface area (TPSA) is 58.4 Å². The van der Waals surface area contributed by atoms with Gasteiger partial charge in [-0.3, -0.25) is 4.79 Å². The van der Waals surface area contributed by atoms with E-state index in [-0.39, 0.29) is 36.0 Å². The minimum Gasteiger partial charge on any atom is -0.365 e. The molecule has 3 atom stereocenters. The molecule has 23 heavy (non-hydrogen) atoms. The van der Waals surface area contributed by atoms with Crippen molar-refractivity contribution in [2.24, 2.45) is 11.7 Å². The molecule has 0 aromatic heterocycles. The SMILES string of the molecule is CCC(C)C(N)C(=O)NC1CCN(c2c(F)cccc2F)C1.Cl. The lowest BCUT2D eigenvalue weighted by molar-refractivity contribution is -0.124. The summed E-state index contributed by atoms with van der Waals surface area (Å²) in [5, 5.41) is 2.88. The summed E-state index contributed by atoms with van der Waals surface area (Å²) in [7, 11) is 0. The molecule has 0 spiro atoms. The van der Waals surface area contributed by atoms with Crippen LogP contribution >= 0.6 is 12.4 Å². The Bertz CT molecular complexity index is 524. The van der Waals surface area contributed by atoms with Gasteiger partial charge in [0.1, 0.15) is 17.3 Å². The Kier molecular flexibility index (Phi) is 7.22. The minimum atomic E-state index is -0.580. The predicted molar refractivity (Wildman–Crippen MR) is 89.8 cm³/mol. The maximum Gasteiger partial charge on any atom is 0.237 e. The molecule has 1 saturated heterocycles. The van der Waals surface area contributed by atoms with Gasteiger partial charge in [0, 0.05) is 19.1 Å². The largest absolute Gasteiger partial charge is 0.365 e. The highest BCUT2D eigenvalue weighted by Crippen LogP contribution is 2.26.